The molecule has 2 fully saturated rings. The van der Waals surface area contributed by atoms with Gasteiger partial charge in [0.2, 0.25) is 5.91 Å². The van der Waals surface area contributed by atoms with Crippen LogP contribution in [0, 0.1) is 6.92 Å². The summed E-state index contributed by atoms with van der Waals surface area (Å²) in [5.74, 6) is 0.164. The van der Waals surface area contributed by atoms with Crippen molar-refractivity contribution in [3.05, 3.63) is 11.1 Å². The van der Waals surface area contributed by atoms with Gasteiger partial charge in [0.15, 0.2) is 5.13 Å². The zero-order chi connectivity index (χ0) is 14.9. The maximum absolute atomic E-state index is 12.7. The van der Waals surface area contributed by atoms with Crippen molar-refractivity contribution in [2.45, 2.75) is 44.6 Å². The minimum Gasteiger partial charge on any atom is -0.345 e. The fourth-order valence-corrected chi connectivity index (χ4v) is 4.16. The number of thiazole rings is 1. The molecule has 0 bridgehead atoms. The third-order valence-corrected chi connectivity index (χ3v) is 5.64. The lowest BCUT2D eigenvalue weighted by atomic mass is 9.81. The number of amides is 1. The van der Waals surface area contributed by atoms with Crippen molar-refractivity contribution in [3.63, 3.8) is 0 Å². The first-order chi connectivity index (χ1) is 10.1. The highest BCUT2D eigenvalue weighted by molar-refractivity contribution is 7.13. The molecule has 0 spiro atoms. The molecule has 1 aliphatic carbocycles. The first-order valence-electron chi connectivity index (χ1n) is 7.84. The summed E-state index contributed by atoms with van der Waals surface area (Å²) in [4.78, 5) is 21.4. The van der Waals surface area contributed by atoms with Crippen molar-refractivity contribution in [3.8, 4) is 0 Å². The van der Waals surface area contributed by atoms with Gasteiger partial charge >= 0.3 is 0 Å². The lowest BCUT2D eigenvalue weighted by Crippen LogP contribution is -2.60. The molecule has 1 amide bonds. The minimum atomic E-state index is -0.599. The average Bonchev–Trinajstić information content (AvgIpc) is 2.94. The summed E-state index contributed by atoms with van der Waals surface area (Å²) >= 11 is 1.68. The van der Waals surface area contributed by atoms with Gasteiger partial charge in [0.1, 0.15) is 0 Å². The van der Waals surface area contributed by atoms with Gasteiger partial charge in [-0.05, 0) is 19.8 Å². The number of hydrogen-bond donors (Lipinski definition) is 1. The molecule has 0 unspecified atom stereocenters. The van der Waals surface area contributed by atoms with E-state index in [1.807, 2.05) is 11.8 Å². The number of aryl methyl sites for hydroxylation is 1. The van der Waals surface area contributed by atoms with Gasteiger partial charge in [0.05, 0.1) is 11.2 Å². The Morgan fingerprint density at radius 1 is 1.17 bits per heavy atom. The van der Waals surface area contributed by atoms with Gasteiger partial charge in [-0.2, -0.15) is 0 Å². The molecule has 2 N–H and O–H groups in total. The van der Waals surface area contributed by atoms with Crippen LogP contribution in [-0.2, 0) is 4.79 Å². The van der Waals surface area contributed by atoms with Crippen LogP contribution in [0.2, 0.25) is 0 Å². The molecule has 3 rings (SSSR count). The third kappa shape index (κ3) is 4.50. The van der Waals surface area contributed by atoms with E-state index in [1.54, 1.807) is 11.3 Å². The van der Waals surface area contributed by atoms with Gasteiger partial charge in [-0.1, -0.05) is 19.3 Å². The number of rotatable bonds is 2. The van der Waals surface area contributed by atoms with Crippen molar-refractivity contribution in [1.82, 2.24) is 9.88 Å². The summed E-state index contributed by atoms with van der Waals surface area (Å²) in [6, 6.07) is 0. The Balaban J connectivity index is 0.00000132. The van der Waals surface area contributed by atoms with Crippen molar-refractivity contribution in [1.29, 1.82) is 0 Å². The first-order valence-corrected chi connectivity index (χ1v) is 8.72. The number of hydrogen-bond acceptors (Lipinski definition) is 5. The van der Waals surface area contributed by atoms with Crippen LogP contribution in [0.3, 0.4) is 0 Å². The highest BCUT2D eigenvalue weighted by atomic mass is 35.5. The normalized spacial score (nSPS) is 20.4. The number of nitrogens with zero attached hydrogens (tertiary/aromatic N) is 3. The van der Waals surface area contributed by atoms with E-state index in [-0.39, 0.29) is 30.7 Å². The number of halogens is 2. The number of piperazine rings is 1. The summed E-state index contributed by atoms with van der Waals surface area (Å²) in [5, 5.41) is 3.14. The molecule has 5 nitrogen and oxygen atoms in total. The molecule has 132 valence electrons. The molecular formula is C15H26Cl2N4OS. The second-order valence-corrected chi connectivity index (χ2v) is 7.10. The van der Waals surface area contributed by atoms with Gasteiger partial charge in [0, 0.05) is 31.6 Å². The summed E-state index contributed by atoms with van der Waals surface area (Å²) in [7, 11) is 0. The molecule has 0 aromatic carbocycles. The Labute approximate surface area is 154 Å². The Hall–Kier alpha value is -0.560. The van der Waals surface area contributed by atoms with Gasteiger partial charge in [0.25, 0.3) is 0 Å². The summed E-state index contributed by atoms with van der Waals surface area (Å²) in [5.41, 5.74) is 6.83. The van der Waals surface area contributed by atoms with Gasteiger partial charge in [-0.15, -0.1) is 36.2 Å². The number of anilines is 1. The standard InChI is InChI=1S/C15H24N4OS.2ClH/c1-12-11-21-14(17-12)19-9-7-18(8-10-19)13(20)15(16)5-3-2-4-6-15;;/h11H,2-10,16H2,1H3;2*1H. The van der Waals surface area contributed by atoms with Crippen LogP contribution < -0.4 is 10.6 Å². The predicted octanol–water partition coefficient (Wildman–Crippen LogP) is 2.61. The molecule has 1 saturated heterocycles. The zero-order valence-corrected chi connectivity index (χ0v) is 15.9. The maximum Gasteiger partial charge on any atom is 0.242 e. The number of carbonyl (C=O) groups excluding carboxylic acids is 1. The fraction of sp³-hybridized carbons (Fsp3) is 0.733. The fourth-order valence-electron chi connectivity index (χ4n) is 3.30. The van der Waals surface area contributed by atoms with E-state index < -0.39 is 5.54 Å². The van der Waals surface area contributed by atoms with Crippen LogP contribution in [0.4, 0.5) is 5.13 Å². The van der Waals surface area contributed by atoms with E-state index in [0.717, 1.165) is 62.7 Å². The Morgan fingerprint density at radius 2 is 1.78 bits per heavy atom. The monoisotopic (exact) mass is 380 g/mol. The number of nitrogens with two attached hydrogens (primary N) is 1. The molecule has 8 heteroatoms. The molecule has 0 atom stereocenters. The van der Waals surface area contributed by atoms with Crippen LogP contribution in [0.15, 0.2) is 5.38 Å². The molecule has 1 aromatic rings. The largest absolute Gasteiger partial charge is 0.345 e. The van der Waals surface area contributed by atoms with E-state index in [2.05, 4.69) is 15.3 Å². The zero-order valence-electron chi connectivity index (χ0n) is 13.5. The molecule has 1 saturated carbocycles. The first kappa shape index (κ1) is 20.5. The van der Waals surface area contributed by atoms with Crippen LogP contribution in [0.5, 0.6) is 0 Å². The van der Waals surface area contributed by atoms with E-state index in [4.69, 9.17) is 5.73 Å². The molecule has 23 heavy (non-hydrogen) atoms. The molecule has 1 aliphatic heterocycles. The van der Waals surface area contributed by atoms with E-state index in [0.29, 0.717) is 0 Å². The maximum atomic E-state index is 12.7. The van der Waals surface area contributed by atoms with Crippen LogP contribution in [0.1, 0.15) is 37.8 Å². The second kappa shape index (κ2) is 8.51. The van der Waals surface area contributed by atoms with Crippen molar-refractivity contribution >= 4 is 47.2 Å². The summed E-state index contributed by atoms with van der Waals surface area (Å²) in [6.45, 7) is 5.25. The quantitative estimate of drug-likeness (QED) is 0.856. The van der Waals surface area contributed by atoms with Crippen molar-refractivity contribution in [2.24, 2.45) is 5.73 Å². The van der Waals surface area contributed by atoms with Crippen LogP contribution in [-0.4, -0.2) is 47.5 Å². The lowest BCUT2D eigenvalue weighted by Gasteiger charge is -2.41. The Morgan fingerprint density at radius 3 is 2.30 bits per heavy atom. The van der Waals surface area contributed by atoms with Crippen LogP contribution >= 0.6 is 36.2 Å². The number of aromatic nitrogens is 1. The van der Waals surface area contributed by atoms with Crippen LogP contribution in [0.25, 0.3) is 0 Å². The number of carbonyl (C=O) groups is 1. The average molecular weight is 381 g/mol. The molecular weight excluding hydrogens is 355 g/mol. The summed E-state index contributed by atoms with van der Waals surface area (Å²) < 4.78 is 0. The van der Waals surface area contributed by atoms with Crippen molar-refractivity contribution in [2.75, 3.05) is 31.1 Å². The Kier molecular flexibility index (Phi) is 7.58. The molecule has 2 heterocycles. The molecule has 1 aromatic heterocycles. The second-order valence-electron chi connectivity index (χ2n) is 6.27. The Bertz CT molecular complexity index is 511. The lowest BCUT2D eigenvalue weighted by molar-refractivity contribution is -0.138. The minimum absolute atomic E-state index is 0. The van der Waals surface area contributed by atoms with Gasteiger partial charge in [-0.3, -0.25) is 4.79 Å². The topological polar surface area (TPSA) is 62.5 Å². The SMILES string of the molecule is Cc1csc(N2CCN(C(=O)C3(N)CCCCC3)CC2)n1.Cl.Cl. The van der Waals surface area contributed by atoms with E-state index in [1.165, 1.54) is 6.42 Å². The smallest absolute Gasteiger partial charge is 0.242 e. The van der Waals surface area contributed by atoms with E-state index >= 15 is 0 Å². The van der Waals surface area contributed by atoms with Gasteiger partial charge in [-0.25, -0.2) is 4.98 Å². The van der Waals surface area contributed by atoms with Crippen molar-refractivity contribution < 1.29 is 4.79 Å². The highest BCUT2D eigenvalue weighted by Gasteiger charge is 2.39. The highest BCUT2D eigenvalue weighted by Crippen LogP contribution is 2.28. The molecule has 2 aliphatic rings. The molecule has 0 radical (unpaired) electrons. The third-order valence-electron chi connectivity index (χ3n) is 4.62. The van der Waals surface area contributed by atoms with Gasteiger partial charge < -0.3 is 15.5 Å². The van der Waals surface area contributed by atoms with E-state index in [9.17, 15) is 4.79 Å². The predicted molar refractivity (Wildman–Crippen MR) is 100 cm³/mol. The summed E-state index contributed by atoms with van der Waals surface area (Å²) in [6.07, 6.45) is 5.07.